The second-order valence-electron chi connectivity index (χ2n) is 4.24. The van der Waals surface area contributed by atoms with Crippen LogP contribution in [0.1, 0.15) is 20.8 Å². The normalized spacial score (nSPS) is 20.7. The first kappa shape index (κ1) is 11.6. The van der Waals surface area contributed by atoms with Crippen molar-refractivity contribution in [3.05, 3.63) is 12.2 Å². The van der Waals surface area contributed by atoms with Crippen molar-refractivity contribution in [2.24, 2.45) is 0 Å². The van der Waals surface area contributed by atoms with Crippen molar-refractivity contribution in [2.75, 3.05) is 6.61 Å². The second-order valence-corrected chi connectivity index (χ2v) is 4.24. The van der Waals surface area contributed by atoms with Gasteiger partial charge in [0.1, 0.15) is 12.2 Å². The number of carbonyl (C=O) groups is 2. The van der Waals surface area contributed by atoms with Gasteiger partial charge in [-0.3, -0.25) is 0 Å². The number of amides is 1. The Morgan fingerprint density at radius 1 is 1.60 bits per heavy atom. The fraction of sp³-hybridized carbons (Fsp3) is 0.600. The quantitative estimate of drug-likeness (QED) is 0.660. The first-order valence-corrected chi connectivity index (χ1v) is 4.71. The van der Waals surface area contributed by atoms with E-state index in [1.807, 2.05) is 0 Å². The topological polar surface area (TPSA) is 64.6 Å². The maximum atomic E-state index is 11.3. The van der Waals surface area contributed by atoms with Gasteiger partial charge in [0, 0.05) is 6.08 Å². The van der Waals surface area contributed by atoms with E-state index in [9.17, 15) is 9.59 Å². The van der Waals surface area contributed by atoms with Crippen LogP contribution in [0.3, 0.4) is 0 Å². The number of hydrogen-bond donors (Lipinski definition) is 1. The van der Waals surface area contributed by atoms with Gasteiger partial charge in [-0.25, -0.2) is 9.59 Å². The molecule has 15 heavy (non-hydrogen) atoms. The molecule has 1 N–H and O–H groups in total. The Balaban J connectivity index is 2.39. The molecule has 1 aliphatic heterocycles. The molecular formula is C10H15NO4. The SMILES string of the molecule is CC(C)(C)OC(=O)N[C@@H]1C=CC(=O)OC1. The summed E-state index contributed by atoms with van der Waals surface area (Å²) >= 11 is 0. The van der Waals surface area contributed by atoms with E-state index in [0.717, 1.165) is 0 Å². The third kappa shape index (κ3) is 4.49. The zero-order valence-corrected chi connectivity index (χ0v) is 9.07. The molecule has 0 saturated carbocycles. The first-order chi connectivity index (χ1) is 6.87. The lowest BCUT2D eigenvalue weighted by Crippen LogP contribution is -2.42. The van der Waals surface area contributed by atoms with Crippen LogP contribution in [-0.2, 0) is 14.3 Å². The fourth-order valence-electron chi connectivity index (χ4n) is 1.02. The van der Waals surface area contributed by atoms with Gasteiger partial charge >= 0.3 is 12.1 Å². The van der Waals surface area contributed by atoms with E-state index >= 15 is 0 Å². The summed E-state index contributed by atoms with van der Waals surface area (Å²) in [6.45, 7) is 5.49. The molecule has 0 spiro atoms. The smallest absolute Gasteiger partial charge is 0.408 e. The molecule has 0 unspecified atom stereocenters. The van der Waals surface area contributed by atoms with Gasteiger partial charge in [0.05, 0.1) is 6.04 Å². The van der Waals surface area contributed by atoms with Gasteiger partial charge in [-0.1, -0.05) is 6.08 Å². The molecule has 1 atom stereocenters. The van der Waals surface area contributed by atoms with Gasteiger partial charge in [-0.2, -0.15) is 0 Å². The molecule has 0 aromatic rings. The van der Waals surface area contributed by atoms with Crippen LogP contribution in [0, 0.1) is 0 Å². The van der Waals surface area contributed by atoms with Crippen LogP contribution < -0.4 is 5.32 Å². The van der Waals surface area contributed by atoms with Gasteiger partial charge in [0.15, 0.2) is 0 Å². The lowest BCUT2D eigenvalue weighted by molar-refractivity contribution is -0.139. The van der Waals surface area contributed by atoms with Crippen molar-refractivity contribution in [2.45, 2.75) is 32.4 Å². The van der Waals surface area contributed by atoms with Crippen molar-refractivity contribution < 1.29 is 19.1 Å². The molecule has 1 amide bonds. The number of rotatable bonds is 1. The lowest BCUT2D eigenvalue weighted by Gasteiger charge is -2.23. The Morgan fingerprint density at radius 2 is 2.27 bits per heavy atom. The number of carbonyl (C=O) groups excluding carboxylic acids is 2. The highest BCUT2D eigenvalue weighted by Crippen LogP contribution is 2.07. The summed E-state index contributed by atoms with van der Waals surface area (Å²) in [6.07, 6.45) is 2.34. The zero-order valence-electron chi connectivity index (χ0n) is 9.07. The predicted octanol–water partition coefficient (Wildman–Crippen LogP) is 0.993. The summed E-state index contributed by atoms with van der Waals surface area (Å²) in [7, 11) is 0. The summed E-state index contributed by atoms with van der Waals surface area (Å²) < 4.78 is 9.77. The van der Waals surface area contributed by atoms with Crippen LogP contribution in [0.25, 0.3) is 0 Å². The average Bonchev–Trinajstić information content (AvgIpc) is 2.05. The van der Waals surface area contributed by atoms with Crippen LogP contribution in [-0.4, -0.2) is 30.3 Å². The van der Waals surface area contributed by atoms with Crippen LogP contribution >= 0.6 is 0 Å². The summed E-state index contributed by atoms with van der Waals surface area (Å²) in [5.41, 5.74) is -0.529. The third-order valence-corrected chi connectivity index (χ3v) is 1.57. The molecule has 0 aliphatic carbocycles. The Labute approximate surface area is 88.4 Å². The molecule has 0 radical (unpaired) electrons. The van der Waals surface area contributed by atoms with Crippen molar-refractivity contribution >= 4 is 12.1 Å². The van der Waals surface area contributed by atoms with E-state index in [4.69, 9.17) is 9.47 Å². The van der Waals surface area contributed by atoms with E-state index < -0.39 is 17.7 Å². The minimum Gasteiger partial charge on any atom is -0.460 e. The van der Waals surface area contributed by atoms with Crippen molar-refractivity contribution in [3.63, 3.8) is 0 Å². The van der Waals surface area contributed by atoms with Gasteiger partial charge in [-0.15, -0.1) is 0 Å². The number of ether oxygens (including phenoxy) is 2. The molecule has 0 aromatic carbocycles. The molecule has 1 aliphatic rings. The maximum Gasteiger partial charge on any atom is 0.408 e. The maximum absolute atomic E-state index is 11.3. The van der Waals surface area contributed by atoms with E-state index in [0.29, 0.717) is 0 Å². The highest BCUT2D eigenvalue weighted by atomic mass is 16.6. The molecule has 0 fully saturated rings. The number of cyclic esters (lactones) is 1. The summed E-state index contributed by atoms with van der Waals surface area (Å²) in [5, 5.41) is 2.57. The molecule has 0 bridgehead atoms. The van der Waals surface area contributed by atoms with Gasteiger partial charge in [-0.05, 0) is 20.8 Å². The van der Waals surface area contributed by atoms with Gasteiger partial charge in [0.2, 0.25) is 0 Å². The van der Waals surface area contributed by atoms with Gasteiger partial charge < -0.3 is 14.8 Å². The lowest BCUT2D eigenvalue weighted by atomic mass is 10.2. The fourth-order valence-corrected chi connectivity index (χ4v) is 1.02. The molecule has 1 rings (SSSR count). The largest absolute Gasteiger partial charge is 0.460 e. The monoisotopic (exact) mass is 213 g/mol. The highest BCUT2D eigenvalue weighted by molar-refractivity contribution is 5.83. The first-order valence-electron chi connectivity index (χ1n) is 4.71. The molecule has 0 aromatic heterocycles. The second kappa shape index (κ2) is 4.33. The molecule has 84 valence electrons. The van der Waals surface area contributed by atoms with E-state index in [2.05, 4.69) is 5.32 Å². The zero-order chi connectivity index (χ0) is 11.5. The standard InChI is InChI=1S/C10H15NO4/c1-10(2,3)15-9(13)11-7-4-5-8(12)14-6-7/h4-5,7H,6H2,1-3H3,(H,11,13)/t7-/m1/s1. The molecule has 5 nitrogen and oxygen atoms in total. The van der Waals surface area contributed by atoms with E-state index in [-0.39, 0.29) is 12.6 Å². The van der Waals surface area contributed by atoms with Crippen molar-refractivity contribution in [3.8, 4) is 0 Å². The number of hydrogen-bond acceptors (Lipinski definition) is 4. The number of esters is 1. The molecule has 1 heterocycles. The Morgan fingerprint density at radius 3 is 2.73 bits per heavy atom. The molecule has 0 saturated heterocycles. The Hall–Kier alpha value is -1.52. The highest BCUT2D eigenvalue weighted by Gasteiger charge is 2.20. The summed E-state index contributed by atoms with van der Waals surface area (Å²) in [4.78, 5) is 22.0. The van der Waals surface area contributed by atoms with Crippen LogP contribution in [0.4, 0.5) is 4.79 Å². The number of nitrogens with one attached hydrogen (secondary N) is 1. The van der Waals surface area contributed by atoms with E-state index in [1.165, 1.54) is 6.08 Å². The van der Waals surface area contributed by atoms with Gasteiger partial charge in [0.25, 0.3) is 0 Å². The summed E-state index contributed by atoms with van der Waals surface area (Å²) in [6, 6.07) is -0.308. The molecule has 5 heteroatoms. The number of alkyl carbamates (subject to hydrolysis) is 1. The minimum atomic E-state index is -0.529. The van der Waals surface area contributed by atoms with Crippen LogP contribution in [0.15, 0.2) is 12.2 Å². The Bertz CT molecular complexity index is 290. The summed E-state index contributed by atoms with van der Waals surface area (Å²) in [5.74, 6) is -0.391. The Kier molecular flexibility index (Phi) is 3.34. The minimum absolute atomic E-state index is 0.147. The third-order valence-electron chi connectivity index (χ3n) is 1.57. The van der Waals surface area contributed by atoms with E-state index in [1.54, 1.807) is 26.8 Å². The van der Waals surface area contributed by atoms with Crippen LogP contribution in [0.5, 0.6) is 0 Å². The van der Waals surface area contributed by atoms with Crippen molar-refractivity contribution in [1.82, 2.24) is 5.32 Å². The van der Waals surface area contributed by atoms with Crippen LogP contribution in [0.2, 0.25) is 0 Å². The average molecular weight is 213 g/mol. The van der Waals surface area contributed by atoms with Crippen molar-refractivity contribution in [1.29, 1.82) is 0 Å². The predicted molar refractivity (Wildman–Crippen MR) is 53.3 cm³/mol. The molecular weight excluding hydrogens is 198 g/mol.